The van der Waals surface area contributed by atoms with Crippen molar-refractivity contribution >= 4 is 5.91 Å². The number of imidazole rings is 1. The molecule has 4 heterocycles. The lowest BCUT2D eigenvalue weighted by Gasteiger charge is -2.33. The maximum atomic E-state index is 12.7. The van der Waals surface area contributed by atoms with Crippen molar-refractivity contribution in [3.05, 3.63) is 47.9 Å². The standard InChI is InChI=1S/C19H23N5O3/c1-12-3-4-16(27-12)14-11-15(22-21-14)19(26)24-8-5-13(6-9-24)17(25)18-20-7-10-23(18)2/h3-4,7,10-11,13,17,25H,5-6,8-9H2,1-2H3,(H,21,22). The molecular formula is C19H23N5O3. The summed E-state index contributed by atoms with van der Waals surface area (Å²) in [6, 6.07) is 5.44. The van der Waals surface area contributed by atoms with Crippen LogP contribution in [0.3, 0.4) is 0 Å². The second-order valence-electron chi connectivity index (χ2n) is 7.05. The molecule has 2 N–H and O–H groups in total. The minimum Gasteiger partial charge on any atom is -0.460 e. The molecule has 0 aromatic carbocycles. The zero-order valence-electron chi connectivity index (χ0n) is 15.4. The number of nitrogens with zero attached hydrogens (tertiary/aromatic N) is 4. The zero-order chi connectivity index (χ0) is 19.0. The van der Waals surface area contributed by atoms with Gasteiger partial charge < -0.3 is 19.0 Å². The molecule has 0 radical (unpaired) electrons. The molecule has 0 saturated carbocycles. The molecule has 27 heavy (non-hydrogen) atoms. The van der Waals surface area contributed by atoms with E-state index in [-0.39, 0.29) is 11.8 Å². The number of piperidine rings is 1. The number of likely N-dealkylation sites (tertiary alicyclic amines) is 1. The van der Waals surface area contributed by atoms with Crippen molar-refractivity contribution < 1.29 is 14.3 Å². The number of carbonyl (C=O) groups is 1. The summed E-state index contributed by atoms with van der Waals surface area (Å²) < 4.78 is 7.40. The molecule has 0 bridgehead atoms. The van der Waals surface area contributed by atoms with Crippen LogP contribution in [-0.2, 0) is 7.05 Å². The van der Waals surface area contributed by atoms with Gasteiger partial charge >= 0.3 is 0 Å². The van der Waals surface area contributed by atoms with Crippen LogP contribution < -0.4 is 0 Å². The summed E-state index contributed by atoms with van der Waals surface area (Å²) in [5, 5.41) is 17.6. The Labute approximate surface area is 156 Å². The van der Waals surface area contributed by atoms with Gasteiger partial charge in [-0.1, -0.05) is 0 Å². The lowest BCUT2D eigenvalue weighted by Crippen LogP contribution is -2.40. The fourth-order valence-electron chi connectivity index (χ4n) is 3.59. The number of aliphatic hydroxyl groups is 1. The first-order chi connectivity index (χ1) is 13.0. The van der Waals surface area contributed by atoms with Crippen molar-refractivity contribution in [2.24, 2.45) is 13.0 Å². The summed E-state index contributed by atoms with van der Waals surface area (Å²) in [7, 11) is 1.87. The Morgan fingerprint density at radius 3 is 2.78 bits per heavy atom. The summed E-state index contributed by atoms with van der Waals surface area (Å²) in [6.45, 7) is 3.05. The highest BCUT2D eigenvalue weighted by molar-refractivity contribution is 5.93. The highest BCUT2D eigenvalue weighted by Gasteiger charge is 2.31. The number of furan rings is 1. The molecule has 0 aliphatic carbocycles. The molecule has 1 aliphatic heterocycles. The van der Waals surface area contributed by atoms with Crippen molar-refractivity contribution in [1.82, 2.24) is 24.6 Å². The first-order valence-electron chi connectivity index (χ1n) is 9.09. The van der Waals surface area contributed by atoms with Gasteiger partial charge in [-0.2, -0.15) is 5.10 Å². The van der Waals surface area contributed by atoms with Gasteiger partial charge in [-0.05, 0) is 37.8 Å². The third-order valence-corrected chi connectivity index (χ3v) is 5.20. The van der Waals surface area contributed by atoms with Crippen LogP contribution in [-0.4, -0.2) is 48.8 Å². The van der Waals surface area contributed by atoms with E-state index in [2.05, 4.69) is 15.2 Å². The normalized spacial score (nSPS) is 16.6. The molecular weight excluding hydrogens is 346 g/mol. The Balaban J connectivity index is 1.39. The first kappa shape index (κ1) is 17.5. The number of H-pyrrole nitrogens is 1. The van der Waals surface area contributed by atoms with E-state index in [1.54, 1.807) is 17.2 Å². The first-order valence-corrected chi connectivity index (χ1v) is 9.09. The van der Waals surface area contributed by atoms with E-state index in [0.29, 0.717) is 36.1 Å². The van der Waals surface area contributed by atoms with Crippen molar-refractivity contribution in [2.75, 3.05) is 13.1 Å². The molecule has 1 fully saturated rings. The number of hydrogen-bond donors (Lipinski definition) is 2. The molecule has 1 atom stereocenters. The molecule has 1 saturated heterocycles. The quantitative estimate of drug-likeness (QED) is 0.735. The van der Waals surface area contributed by atoms with E-state index < -0.39 is 6.10 Å². The minimum absolute atomic E-state index is 0.0935. The third kappa shape index (κ3) is 3.40. The Morgan fingerprint density at radius 2 is 2.15 bits per heavy atom. The Bertz CT molecular complexity index is 933. The molecule has 3 aromatic rings. The molecule has 1 amide bonds. The maximum Gasteiger partial charge on any atom is 0.274 e. The number of hydrogen-bond acceptors (Lipinski definition) is 5. The maximum absolute atomic E-state index is 12.7. The van der Waals surface area contributed by atoms with Crippen molar-refractivity contribution in [3.8, 4) is 11.5 Å². The van der Waals surface area contributed by atoms with Gasteiger partial charge in [-0.25, -0.2) is 4.98 Å². The zero-order valence-corrected chi connectivity index (χ0v) is 15.4. The number of carbonyl (C=O) groups excluding carboxylic acids is 1. The highest BCUT2D eigenvalue weighted by atomic mass is 16.3. The molecule has 8 nitrogen and oxygen atoms in total. The fourth-order valence-corrected chi connectivity index (χ4v) is 3.59. The lowest BCUT2D eigenvalue weighted by atomic mass is 9.90. The summed E-state index contributed by atoms with van der Waals surface area (Å²) >= 11 is 0. The van der Waals surface area contributed by atoms with Gasteiger partial charge in [0.15, 0.2) is 11.5 Å². The number of aromatic amines is 1. The Hall–Kier alpha value is -2.87. The van der Waals surface area contributed by atoms with Gasteiger partial charge in [0.25, 0.3) is 5.91 Å². The van der Waals surface area contributed by atoms with Crippen LogP contribution in [0.4, 0.5) is 0 Å². The largest absolute Gasteiger partial charge is 0.460 e. The van der Waals surface area contributed by atoms with Gasteiger partial charge in [0.05, 0.1) is 0 Å². The molecule has 8 heteroatoms. The molecule has 4 rings (SSSR count). The topological polar surface area (TPSA) is 100 Å². The van der Waals surface area contributed by atoms with E-state index in [0.717, 1.165) is 18.6 Å². The van der Waals surface area contributed by atoms with Gasteiger partial charge in [-0.3, -0.25) is 9.89 Å². The van der Waals surface area contributed by atoms with Crippen LogP contribution in [0.5, 0.6) is 0 Å². The summed E-state index contributed by atoms with van der Waals surface area (Å²) in [5.74, 6) is 2.13. The van der Waals surface area contributed by atoms with Crippen molar-refractivity contribution in [1.29, 1.82) is 0 Å². The molecule has 1 aliphatic rings. The average Bonchev–Trinajstić information content (AvgIpc) is 3.41. The van der Waals surface area contributed by atoms with Gasteiger partial charge in [0.2, 0.25) is 0 Å². The van der Waals surface area contributed by atoms with Gasteiger partial charge in [0, 0.05) is 38.6 Å². The third-order valence-electron chi connectivity index (χ3n) is 5.20. The predicted octanol–water partition coefficient (Wildman–Crippen LogP) is 2.30. The monoisotopic (exact) mass is 369 g/mol. The summed E-state index contributed by atoms with van der Waals surface area (Å²) in [4.78, 5) is 18.8. The van der Waals surface area contributed by atoms with Crippen LogP contribution >= 0.6 is 0 Å². The van der Waals surface area contributed by atoms with Gasteiger partial charge in [-0.15, -0.1) is 0 Å². The predicted molar refractivity (Wildman–Crippen MR) is 97.8 cm³/mol. The van der Waals surface area contributed by atoms with E-state index in [1.165, 1.54) is 0 Å². The number of nitrogens with one attached hydrogen (secondary N) is 1. The lowest BCUT2D eigenvalue weighted by molar-refractivity contribution is 0.0417. The fraction of sp³-hybridized carbons (Fsp3) is 0.421. The smallest absolute Gasteiger partial charge is 0.274 e. The van der Waals surface area contributed by atoms with Crippen LogP contribution in [0, 0.1) is 12.8 Å². The average molecular weight is 369 g/mol. The second kappa shape index (κ2) is 7.03. The number of amides is 1. The van der Waals surface area contributed by atoms with Gasteiger partial charge in [0.1, 0.15) is 23.4 Å². The van der Waals surface area contributed by atoms with E-state index in [9.17, 15) is 9.90 Å². The van der Waals surface area contributed by atoms with Crippen LogP contribution in [0.15, 0.2) is 35.0 Å². The number of rotatable bonds is 4. The SMILES string of the molecule is Cc1ccc(-c2cc(C(=O)N3CCC(C(O)c4nccn4C)CC3)n[nH]2)o1. The number of aryl methyl sites for hydroxylation is 2. The summed E-state index contributed by atoms with van der Waals surface area (Å²) in [6.07, 6.45) is 4.37. The molecule has 1 unspecified atom stereocenters. The molecule has 0 spiro atoms. The number of aliphatic hydroxyl groups excluding tert-OH is 1. The molecule has 142 valence electrons. The minimum atomic E-state index is -0.610. The second-order valence-corrected chi connectivity index (χ2v) is 7.05. The molecule has 3 aromatic heterocycles. The Kier molecular flexibility index (Phi) is 4.57. The Morgan fingerprint density at radius 1 is 1.37 bits per heavy atom. The van der Waals surface area contributed by atoms with Crippen LogP contribution in [0.25, 0.3) is 11.5 Å². The van der Waals surface area contributed by atoms with E-state index in [1.807, 2.05) is 36.9 Å². The summed E-state index contributed by atoms with van der Waals surface area (Å²) in [5.41, 5.74) is 1.06. The highest BCUT2D eigenvalue weighted by Crippen LogP contribution is 2.30. The number of aromatic nitrogens is 4. The van der Waals surface area contributed by atoms with E-state index in [4.69, 9.17) is 4.42 Å². The van der Waals surface area contributed by atoms with Crippen molar-refractivity contribution in [2.45, 2.75) is 25.9 Å². The van der Waals surface area contributed by atoms with Crippen LogP contribution in [0.2, 0.25) is 0 Å². The van der Waals surface area contributed by atoms with E-state index >= 15 is 0 Å². The van der Waals surface area contributed by atoms with Crippen LogP contribution in [0.1, 0.15) is 41.0 Å². The van der Waals surface area contributed by atoms with Crippen molar-refractivity contribution in [3.63, 3.8) is 0 Å².